The van der Waals surface area contributed by atoms with Crippen LogP contribution in [0.4, 0.5) is 0 Å². The average Bonchev–Trinajstić information content (AvgIpc) is 3.14. The molecule has 2 aromatic rings. The second-order valence-corrected chi connectivity index (χ2v) is 8.76. The van der Waals surface area contributed by atoms with E-state index in [1.807, 2.05) is 24.3 Å². The van der Waals surface area contributed by atoms with Gasteiger partial charge in [0, 0.05) is 25.0 Å². The number of Topliss-reactive ketones (excluding diaryl/α,β-unsaturated/α-hetero) is 1. The quantitative estimate of drug-likeness (QED) is 0.801. The van der Waals surface area contributed by atoms with E-state index in [9.17, 15) is 9.90 Å². The predicted molar refractivity (Wildman–Crippen MR) is 105 cm³/mol. The molecule has 26 heavy (non-hydrogen) atoms. The van der Waals surface area contributed by atoms with Gasteiger partial charge >= 0.3 is 0 Å². The number of likely N-dealkylation sites (tertiary alicyclic amines) is 1. The molecule has 1 aromatic heterocycles. The van der Waals surface area contributed by atoms with Gasteiger partial charge < -0.3 is 5.11 Å². The molecule has 3 atom stereocenters. The van der Waals surface area contributed by atoms with Crippen LogP contribution in [0.1, 0.15) is 59.8 Å². The lowest BCUT2D eigenvalue weighted by Crippen LogP contribution is -2.57. The molecule has 2 heterocycles. The molecule has 1 saturated carbocycles. The first-order valence-corrected chi connectivity index (χ1v) is 10.6. The zero-order chi connectivity index (χ0) is 18.1. The molecule has 1 N–H and O–H groups in total. The van der Waals surface area contributed by atoms with Crippen LogP contribution in [0.5, 0.6) is 0 Å². The van der Waals surface area contributed by atoms with Gasteiger partial charge in [0.1, 0.15) is 0 Å². The number of carbonyl (C=O) groups excluding carboxylic acids is 1. The standard InChI is InChI=1S/C22H27NO2S/c1-16(24)21-13-17(15-26-21)14-23-12-11-22(25,18-7-3-2-4-8-18)19-9-5-6-10-20(19)23/h2-4,7-8,13,15,19-20,25H,5-6,9-12,14H2,1H3/t19-,20-,22+/m1/s1. The number of ketones is 1. The Morgan fingerprint density at radius 2 is 2.04 bits per heavy atom. The zero-order valence-corrected chi connectivity index (χ0v) is 16.2. The minimum atomic E-state index is -0.706. The summed E-state index contributed by atoms with van der Waals surface area (Å²) in [5.41, 5.74) is 1.60. The Labute approximate surface area is 159 Å². The van der Waals surface area contributed by atoms with Crippen molar-refractivity contribution in [2.75, 3.05) is 6.54 Å². The monoisotopic (exact) mass is 369 g/mol. The summed E-state index contributed by atoms with van der Waals surface area (Å²) in [5, 5.41) is 13.7. The number of rotatable bonds is 4. The Bertz CT molecular complexity index is 771. The molecule has 4 rings (SSSR count). The second kappa shape index (κ2) is 7.26. The molecule has 4 heteroatoms. The number of aliphatic hydroxyl groups is 1. The maximum absolute atomic E-state index is 11.6. The Balaban J connectivity index is 1.57. The molecular weight excluding hydrogens is 342 g/mol. The van der Waals surface area contributed by atoms with Crippen LogP contribution in [0, 0.1) is 5.92 Å². The van der Waals surface area contributed by atoms with Crippen LogP contribution in [0.2, 0.25) is 0 Å². The highest BCUT2D eigenvalue weighted by Gasteiger charge is 2.48. The number of thiophene rings is 1. The molecule has 0 unspecified atom stereocenters. The summed E-state index contributed by atoms with van der Waals surface area (Å²) in [6.07, 6.45) is 5.47. The SMILES string of the molecule is CC(=O)c1cc(CN2CC[C@](O)(c3ccccc3)[C@@H]3CCCC[C@H]32)cs1. The Morgan fingerprint density at radius 3 is 2.77 bits per heavy atom. The van der Waals surface area contributed by atoms with E-state index in [1.54, 1.807) is 18.3 Å². The smallest absolute Gasteiger partial charge is 0.169 e. The zero-order valence-electron chi connectivity index (χ0n) is 15.4. The molecule has 2 fully saturated rings. The first-order valence-electron chi connectivity index (χ1n) is 9.68. The number of piperidine rings is 1. The first kappa shape index (κ1) is 17.9. The fourth-order valence-electron chi connectivity index (χ4n) is 4.93. The van der Waals surface area contributed by atoms with E-state index >= 15 is 0 Å². The molecule has 1 aliphatic heterocycles. The van der Waals surface area contributed by atoms with Crippen molar-refractivity contribution in [3.63, 3.8) is 0 Å². The van der Waals surface area contributed by atoms with E-state index in [-0.39, 0.29) is 5.78 Å². The lowest BCUT2D eigenvalue weighted by atomic mass is 9.66. The molecule has 0 bridgehead atoms. The van der Waals surface area contributed by atoms with Crippen LogP contribution >= 0.6 is 11.3 Å². The van der Waals surface area contributed by atoms with Gasteiger partial charge in [0.25, 0.3) is 0 Å². The van der Waals surface area contributed by atoms with Gasteiger partial charge in [-0.2, -0.15) is 0 Å². The van der Waals surface area contributed by atoms with Crippen molar-refractivity contribution < 1.29 is 9.90 Å². The Morgan fingerprint density at radius 1 is 1.27 bits per heavy atom. The summed E-state index contributed by atoms with van der Waals surface area (Å²) in [7, 11) is 0. The van der Waals surface area contributed by atoms with Crippen molar-refractivity contribution in [3.8, 4) is 0 Å². The molecule has 0 spiro atoms. The largest absolute Gasteiger partial charge is 0.385 e. The van der Waals surface area contributed by atoms with E-state index in [2.05, 4.69) is 22.4 Å². The lowest BCUT2D eigenvalue weighted by molar-refractivity contribution is -0.123. The molecule has 2 aliphatic rings. The summed E-state index contributed by atoms with van der Waals surface area (Å²) in [6, 6.07) is 12.7. The van der Waals surface area contributed by atoms with Gasteiger partial charge in [0.15, 0.2) is 5.78 Å². The summed E-state index contributed by atoms with van der Waals surface area (Å²) in [4.78, 5) is 15.0. The third-order valence-corrected chi connectivity index (χ3v) is 7.33. The van der Waals surface area contributed by atoms with Gasteiger partial charge in [-0.3, -0.25) is 9.69 Å². The van der Waals surface area contributed by atoms with Crippen LogP contribution < -0.4 is 0 Å². The predicted octanol–water partition coefficient (Wildman–Crippen LogP) is 4.60. The number of nitrogens with zero attached hydrogens (tertiary/aromatic N) is 1. The van der Waals surface area contributed by atoms with E-state index < -0.39 is 5.60 Å². The van der Waals surface area contributed by atoms with Gasteiger partial charge in [-0.05, 0) is 48.8 Å². The minimum Gasteiger partial charge on any atom is -0.385 e. The molecule has 0 radical (unpaired) electrons. The normalized spacial score (nSPS) is 29.3. The van der Waals surface area contributed by atoms with Crippen LogP contribution in [-0.2, 0) is 12.1 Å². The summed E-state index contributed by atoms with van der Waals surface area (Å²) >= 11 is 1.55. The van der Waals surface area contributed by atoms with E-state index in [1.165, 1.54) is 18.4 Å². The topological polar surface area (TPSA) is 40.5 Å². The highest BCUT2D eigenvalue weighted by Crippen LogP contribution is 2.47. The van der Waals surface area contributed by atoms with Gasteiger partial charge in [-0.25, -0.2) is 0 Å². The third kappa shape index (κ3) is 3.26. The lowest BCUT2D eigenvalue weighted by Gasteiger charge is -2.52. The Kier molecular flexibility index (Phi) is 5.00. The van der Waals surface area contributed by atoms with Crippen LogP contribution in [-0.4, -0.2) is 28.4 Å². The maximum Gasteiger partial charge on any atom is 0.169 e. The molecule has 1 saturated heterocycles. The third-order valence-electron chi connectivity index (χ3n) is 6.25. The van der Waals surface area contributed by atoms with Crippen molar-refractivity contribution in [2.24, 2.45) is 5.92 Å². The van der Waals surface area contributed by atoms with Crippen molar-refractivity contribution >= 4 is 17.1 Å². The number of hydrogen-bond acceptors (Lipinski definition) is 4. The molecular formula is C22H27NO2S. The highest BCUT2D eigenvalue weighted by atomic mass is 32.1. The first-order chi connectivity index (χ1) is 12.6. The molecule has 3 nitrogen and oxygen atoms in total. The van der Waals surface area contributed by atoms with Crippen molar-refractivity contribution in [3.05, 3.63) is 57.8 Å². The molecule has 1 aromatic carbocycles. The van der Waals surface area contributed by atoms with E-state index in [4.69, 9.17) is 0 Å². The number of fused-ring (bicyclic) bond motifs is 1. The van der Waals surface area contributed by atoms with Gasteiger partial charge in [-0.1, -0.05) is 43.2 Å². The summed E-state index contributed by atoms with van der Waals surface area (Å²) in [6.45, 7) is 3.42. The van der Waals surface area contributed by atoms with Gasteiger partial charge in [-0.15, -0.1) is 11.3 Å². The number of carbonyl (C=O) groups is 1. The van der Waals surface area contributed by atoms with E-state index in [0.717, 1.165) is 42.8 Å². The fraction of sp³-hybridized carbons (Fsp3) is 0.500. The maximum atomic E-state index is 11.6. The summed E-state index contributed by atoms with van der Waals surface area (Å²) < 4.78 is 0. The van der Waals surface area contributed by atoms with E-state index in [0.29, 0.717) is 12.0 Å². The number of benzene rings is 1. The molecule has 1 aliphatic carbocycles. The van der Waals surface area contributed by atoms with Crippen LogP contribution in [0.15, 0.2) is 41.8 Å². The molecule has 0 amide bonds. The van der Waals surface area contributed by atoms with Crippen molar-refractivity contribution in [1.29, 1.82) is 0 Å². The minimum absolute atomic E-state index is 0.147. The summed E-state index contributed by atoms with van der Waals surface area (Å²) in [5.74, 6) is 0.437. The van der Waals surface area contributed by atoms with Crippen LogP contribution in [0.3, 0.4) is 0 Å². The number of hydrogen-bond donors (Lipinski definition) is 1. The molecule has 138 valence electrons. The fourth-order valence-corrected chi connectivity index (χ4v) is 5.74. The van der Waals surface area contributed by atoms with Crippen LogP contribution in [0.25, 0.3) is 0 Å². The second-order valence-electron chi connectivity index (χ2n) is 7.84. The van der Waals surface area contributed by atoms with Crippen molar-refractivity contribution in [2.45, 2.75) is 57.2 Å². The average molecular weight is 370 g/mol. The van der Waals surface area contributed by atoms with Gasteiger partial charge in [0.05, 0.1) is 10.5 Å². The van der Waals surface area contributed by atoms with Crippen molar-refractivity contribution in [1.82, 2.24) is 4.90 Å². The Hall–Kier alpha value is -1.49. The highest BCUT2D eigenvalue weighted by molar-refractivity contribution is 7.12. The van der Waals surface area contributed by atoms with Gasteiger partial charge in [0.2, 0.25) is 0 Å².